The molecule has 0 spiro atoms. The van der Waals surface area contributed by atoms with E-state index >= 15 is 0 Å². The lowest BCUT2D eigenvalue weighted by Crippen LogP contribution is -1.92. The number of pyridine rings is 1. The Kier molecular flexibility index (Phi) is 2.12. The summed E-state index contributed by atoms with van der Waals surface area (Å²) in [5.41, 5.74) is 10.1. The van der Waals surface area contributed by atoms with Gasteiger partial charge in [-0.05, 0) is 30.0 Å². The molecule has 1 fully saturated rings. The monoisotopic (exact) mass is 250 g/mol. The van der Waals surface area contributed by atoms with Gasteiger partial charge in [-0.2, -0.15) is 5.10 Å². The smallest absolute Gasteiger partial charge is 0.183 e. The van der Waals surface area contributed by atoms with Crippen molar-refractivity contribution in [2.75, 3.05) is 5.73 Å². The Bertz CT molecular complexity index is 741. The average molecular weight is 250 g/mol. The van der Waals surface area contributed by atoms with Crippen molar-refractivity contribution in [2.24, 2.45) is 0 Å². The van der Waals surface area contributed by atoms with Crippen LogP contribution in [-0.4, -0.2) is 15.2 Å². The highest BCUT2D eigenvalue weighted by molar-refractivity contribution is 6.00. The highest BCUT2D eigenvalue weighted by atomic mass is 15.2. The quantitative estimate of drug-likeness (QED) is 0.734. The maximum atomic E-state index is 6.00. The number of hydrogen-bond acceptors (Lipinski definition) is 3. The summed E-state index contributed by atoms with van der Waals surface area (Å²) in [5, 5.41) is 7.98. The molecule has 0 amide bonds. The molecule has 94 valence electrons. The molecule has 0 unspecified atom stereocenters. The van der Waals surface area contributed by atoms with Crippen LogP contribution in [0.2, 0.25) is 0 Å². The van der Waals surface area contributed by atoms with Gasteiger partial charge in [0, 0.05) is 11.6 Å². The van der Waals surface area contributed by atoms with Crippen molar-refractivity contribution in [1.29, 1.82) is 0 Å². The van der Waals surface area contributed by atoms with Crippen molar-refractivity contribution in [3.63, 3.8) is 0 Å². The zero-order chi connectivity index (χ0) is 12.8. The van der Waals surface area contributed by atoms with Crippen LogP contribution in [0, 0.1) is 0 Å². The van der Waals surface area contributed by atoms with E-state index < -0.39 is 0 Å². The van der Waals surface area contributed by atoms with Gasteiger partial charge in [-0.1, -0.05) is 30.3 Å². The number of nitrogen functional groups attached to an aromatic ring is 1. The van der Waals surface area contributed by atoms with E-state index in [1.54, 1.807) is 0 Å². The summed E-state index contributed by atoms with van der Waals surface area (Å²) in [6.07, 6.45) is 2.46. The lowest BCUT2D eigenvalue weighted by molar-refractivity contribution is 1.02. The number of fused-ring (bicyclic) bond motifs is 1. The van der Waals surface area contributed by atoms with Crippen LogP contribution in [0.5, 0.6) is 0 Å². The molecule has 4 rings (SSSR count). The van der Waals surface area contributed by atoms with E-state index in [1.807, 2.05) is 18.2 Å². The minimum atomic E-state index is 0.587. The topological polar surface area (TPSA) is 67.6 Å². The number of anilines is 1. The largest absolute Gasteiger partial charge is 0.383 e. The Balaban J connectivity index is 2.03. The van der Waals surface area contributed by atoms with Crippen molar-refractivity contribution in [3.05, 3.63) is 42.1 Å². The van der Waals surface area contributed by atoms with E-state index in [1.165, 1.54) is 12.8 Å². The first kappa shape index (κ1) is 10.6. The average Bonchev–Trinajstić information content (AvgIpc) is 3.24. The summed E-state index contributed by atoms with van der Waals surface area (Å²) in [4.78, 5) is 4.62. The Labute approximate surface area is 110 Å². The summed E-state index contributed by atoms with van der Waals surface area (Å²) in [5.74, 6) is 1.19. The van der Waals surface area contributed by atoms with Gasteiger partial charge in [-0.15, -0.1) is 0 Å². The molecule has 1 aliphatic carbocycles. The minimum Gasteiger partial charge on any atom is -0.383 e. The molecule has 4 heteroatoms. The zero-order valence-electron chi connectivity index (χ0n) is 10.4. The fourth-order valence-corrected chi connectivity index (χ4v) is 2.50. The van der Waals surface area contributed by atoms with Crippen LogP contribution in [0.3, 0.4) is 0 Å². The summed E-state index contributed by atoms with van der Waals surface area (Å²) in [6.45, 7) is 0. The first-order valence-corrected chi connectivity index (χ1v) is 6.53. The Morgan fingerprint density at radius 3 is 2.68 bits per heavy atom. The number of nitrogens with one attached hydrogen (secondary N) is 1. The van der Waals surface area contributed by atoms with Crippen LogP contribution in [-0.2, 0) is 0 Å². The van der Waals surface area contributed by atoms with Gasteiger partial charge < -0.3 is 5.73 Å². The molecule has 3 aromatic rings. The number of rotatable bonds is 2. The Hall–Kier alpha value is -2.36. The first-order valence-electron chi connectivity index (χ1n) is 6.53. The molecular weight excluding hydrogens is 236 g/mol. The lowest BCUT2D eigenvalue weighted by atomic mass is 10.0. The van der Waals surface area contributed by atoms with Crippen LogP contribution in [0.1, 0.15) is 24.5 Å². The van der Waals surface area contributed by atoms with E-state index in [-0.39, 0.29) is 0 Å². The van der Waals surface area contributed by atoms with Crippen LogP contribution in [0.15, 0.2) is 36.4 Å². The number of aromatic amines is 1. The number of aromatic nitrogens is 3. The molecule has 3 N–H and O–H groups in total. The number of nitrogens with two attached hydrogens (primary N) is 1. The van der Waals surface area contributed by atoms with Gasteiger partial charge in [0.15, 0.2) is 5.65 Å². The van der Waals surface area contributed by atoms with Gasteiger partial charge in [0.05, 0.1) is 5.39 Å². The molecule has 1 aliphatic rings. The molecule has 2 heterocycles. The second-order valence-corrected chi connectivity index (χ2v) is 5.07. The third kappa shape index (κ3) is 1.68. The van der Waals surface area contributed by atoms with E-state index in [0.717, 1.165) is 27.9 Å². The molecule has 2 aromatic heterocycles. The molecule has 19 heavy (non-hydrogen) atoms. The molecule has 0 radical (unpaired) electrons. The van der Waals surface area contributed by atoms with Crippen molar-refractivity contribution in [3.8, 4) is 11.1 Å². The summed E-state index contributed by atoms with van der Waals surface area (Å²) in [6, 6.07) is 12.4. The number of H-pyrrole nitrogens is 1. The van der Waals surface area contributed by atoms with Crippen LogP contribution < -0.4 is 5.73 Å². The van der Waals surface area contributed by atoms with E-state index in [2.05, 4.69) is 33.4 Å². The first-order chi connectivity index (χ1) is 9.33. The van der Waals surface area contributed by atoms with Crippen LogP contribution >= 0.6 is 0 Å². The molecule has 0 atom stereocenters. The molecular formula is C15H14N4. The van der Waals surface area contributed by atoms with E-state index in [0.29, 0.717) is 11.7 Å². The van der Waals surface area contributed by atoms with Crippen molar-refractivity contribution >= 4 is 16.9 Å². The van der Waals surface area contributed by atoms with E-state index in [4.69, 9.17) is 5.73 Å². The second kappa shape index (κ2) is 3.82. The third-order valence-electron chi connectivity index (χ3n) is 3.65. The second-order valence-electron chi connectivity index (χ2n) is 5.07. The summed E-state index contributed by atoms with van der Waals surface area (Å²) in [7, 11) is 0. The van der Waals surface area contributed by atoms with Crippen molar-refractivity contribution in [1.82, 2.24) is 15.2 Å². The lowest BCUT2D eigenvalue weighted by Gasteiger charge is -2.06. The standard InChI is InChI=1S/C15H14N4/c16-14-13-11(9-4-2-1-3-5-9)8-12(10-6-7-10)17-15(13)19-18-14/h1-5,8,10H,6-7H2,(H3,16,17,18,19). The van der Waals surface area contributed by atoms with Crippen molar-refractivity contribution < 1.29 is 0 Å². The highest BCUT2D eigenvalue weighted by Crippen LogP contribution is 2.42. The SMILES string of the molecule is Nc1[nH]nc2nc(C3CC3)cc(-c3ccccc3)c12. The molecule has 1 aromatic carbocycles. The van der Waals surface area contributed by atoms with Gasteiger partial charge in [-0.3, -0.25) is 5.10 Å². The van der Waals surface area contributed by atoms with Crippen LogP contribution in [0.25, 0.3) is 22.2 Å². The van der Waals surface area contributed by atoms with Gasteiger partial charge in [-0.25, -0.2) is 4.98 Å². The predicted octanol–water partition coefficient (Wildman–Crippen LogP) is 3.08. The predicted molar refractivity (Wildman–Crippen MR) is 75.7 cm³/mol. The normalized spacial score (nSPS) is 14.9. The third-order valence-corrected chi connectivity index (χ3v) is 3.65. The number of hydrogen-bond donors (Lipinski definition) is 2. The number of nitrogens with zero attached hydrogens (tertiary/aromatic N) is 2. The molecule has 0 aliphatic heterocycles. The highest BCUT2D eigenvalue weighted by Gasteiger charge is 2.27. The fraction of sp³-hybridized carbons (Fsp3) is 0.200. The Morgan fingerprint density at radius 2 is 1.95 bits per heavy atom. The molecule has 4 nitrogen and oxygen atoms in total. The maximum Gasteiger partial charge on any atom is 0.183 e. The summed E-state index contributed by atoms with van der Waals surface area (Å²) >= 11 is 0. The summed E-state index contributed by atoms with van der Waals surface area (Å²) < 4.78 is 0. The van der Waals surface area contributed by atoms with Crippen LogP contribution in [0.4, 0.5) is 5.82 Å². The fourth-order valence-electron chi connectivity index (χ4n) is 2.50. The molecule has 0 saturated heterocycles. The molecule has 1 saturated carbocycles. The van der Waals surface area contributed by atoms with Gasteiger partial charge in [0.2, 0.25) is 0 Å². The molecule has 0 bridgehead atoms. The minimum absolute atomic E-state index is 0.587. The number of benzene rings is 1. The zero-order valence-corrected chi connectivity index (χ0v) is 10.4. The Morgan fingerprint density at radius 1 is 1.16 bits per heavy atom. The van der Waals surface area contributed by atoms with Crippen molar-refractivity contribution in [2.45, 2.75) is 18.8 Å². The van der Waals surface area contributed by atoms with Gasteiger partial charge in [0.1, 0.15) is 5.82 Å². The maximum absolute atomic E-state index is 6.00. The van der Waals surface area contributed by atoms with Gasteiger partial charge in [0.25, 0.3) is 0 Å². The van der Waals surface area contributed by atoms with E-state index in [9.17, 15) is 0 Å². The van der Waals surface area contributed by atoms with Gasteiger partial charge >= 0.3 is 0 Å².